The fraction of sp³-hybridized carbons (Fsp3) is 0.533. The smallest absolute Gasteiger partial charge is 0.103 e. The second kappa shape index (κ2) is 6.35. The molecule has 3 nitrogen and oxygen atoms in total. The third kappa shape index (κ3) is 3.25. The van der Waals surface area contributed by atoms with E-state index in [0.717, 1.165) is 31.7 Å². The first-order chi connectivity index (χ1) is 9.15. The molecule has 2 rings (SSSR count). The van der Waals surface area contributed by atoms with Crippen molar-refractivity contribution in [1.82, 2.24) is 4.90 Å². The van der Waals surface area contributed by atoms with Gasteiger partial charge < -0.3 is 10.6 Å². The largest absolute Gasteiger partial charge is 0.389 e. The van der Waals surface area contributed by atoms with Crippen LogP contribution in [0.4, 0.5) is 5.69 Å². The van der Waals surface area contributed by atoms with Gasteiger partial charge in [-0.1, -0.05) is 26.1 Å². The SMILES string of the molecule is CCN(CC)C1CCN(c2ccc(C(N)=S)cc2)C1. The minimum absolute atomic E-state index is 0.467. The van der Waals surface area contributed by atoms with E-state index in [4.69, 9.17) is 18.0 Å². The van der Waals surface area contributed by atoms with Crippen LogP contribution in [0.25, 0.3) is 0 Å². The van der Waals surface area contributed by atoms with Crippen LogP contribution in [0, 0.1) is 0 Å². The molecule has 1 saturated heterocycles. The van der Waals surface area contributed by atoms with Gasteiger partial charge in [-0.2, -0.15) is 0 Å². The van der Waals surface area contributed by atoms with Crippen LogP contribution in [0.15, 0.2) is 24.3 Å². The molecule has 1 aliphatic rings. The van der Waals surface area contributed by atoms with Crippen molar-refractivity contribution >= 4 is 22.9 Å². The molecular formula is C15H23N3S. The highest BCUT2D eigenvalue weighted by molar-refractivity contribution is 7.80. The maximum Gasteiger partial charge on any atom is 0.103 e. The first kappa shape index (κ1) is 14.3. The van der Waals surface area contributed by atoms with Crippen molar-refractivity contribution in [3.8, 4) is 0 Å². The molecule has 0 bridgehead atoms. The Bertz CT molecular complexity index is 426. The Labute approximate surface area is 121 Å². The molecule has 0 aromatic heterocycles. The predicted molar refractivity (Wildman–Crippen MR) is 85.9 cm³/mol. The van der Waals surface area contributed by atoms with E-state index in [-0.39, 0.29) is 0 Å². The van der Waals surface area contributed by atoms with Crippen molar-refractivity contribution < 1.29 is 0 Å². The molecule has 1 aromatic rings. The van der Waals surface area contributed by atoms with Crippen molar-refractivity contribution in [3.63, 3.8) is 0 Å². The van der Waals surface area contributed by atoms with E-state index < -0.39 is 0 Å². The van der Waals surface area contributed by atoms with Crippen molar-refractivity contribution in [3.05, 3.63) is 29.8 Å². The number of nitrogens with two attached hydrogens (primary N) is 1. The summed E-state index contributed by atoms with van der Waals surface area (Å²) in [5.41, 5.74) is 7.84. The molecule has 0 spiro atoms. The van der Waals surface area contributed by atoms with Gasteiger partial charge in [-0.3, -0.25) is 4.90 Å². The molecule has 19 heavy (non-hydrogen) atoms. The number of nitrogens with zero attached hydrogens (tertiary/aromatic N) is 2. The van der Waals surface area contributed by atoms with Crippen LogP contribution in [0.3, 0.4) is 0 Å². The highest BCUT2D eigenvalue weighted by Crippen LogP contribution is 2.23. The number of benzene rings is 1. The van der Waals surface area contributed by atoms with Gasteiger partial charge in [0, 0.05) is 30.4 Å². The minimum atomic E-state index is 0.467. The van der Waals surface area contributed by atoms with Crippen LogP contribution in [0.2, 0.25) is 0 Å². The van der Waals surface area contributed by atoms with Gasteiger partial charge in [0.25, 0.3) is 0 Å². The lowest BCUT2D eigenvalue weighted by molar-refractivity contribution is 0.232. The average molecular weight is 277 g/mol. The Morgan fingerprint density at radius 1 is 1.32 bits per heavy atom. The standard InChI is InChI=1S/C15H23N3S/c1-3-17(4-2)14-9-10-18(11-14)13-7-5-12(6-8-13)15(16)19/h5-8,14H,3-4,9-11H2,1-2H3,(H2,16,19). The summed E-state index contributed by atoms with van der Waals surface area (Å²) >= 11 is 4.98. The first-order valence-corrected chi connectivity index (χ1v) is 7.45. The van der Waals surface area contributed by atoms with Crippen LogP contribution < -0.4 is 10.6 Å². The van der Waals surface area contributed by atoms with Gasteiger partial charge in [-0.05, 0) is 43.8 Å². The third-order valence-corrected chi connectivity index (χ3v) is 4.24. The van der Waals surface area contributed by atoms with Gasteiger partial charge in [-0.15, -0.1) is 0 Å². The Morgan fingerprint density at radius 2 is 1.95 bits per heavy atom. The molecule has 2 N–H and O–H groups in total. The second-order valence-electron chi connectivity index (χ2n) is 5.02. The molecule has 1 atom stereocenters. The van der Waals surface area contributed by atoms with Crippen LogP contribution in [-0.2, 0) is 0 Å². The minimum Gasteiger partial charge on any atom is -0.389 e. The van der Waals surface area contributed by atoms with Crippen molar-refractivity contribution in [2.45, 2.75) is 26.3 Å². The van der Waals surface area contributed by atoms with Crippen molar-refractivity contribution in [1.29, 1.82) is 0 Å². The van der Waals surface area contributed by atoms with Crippen LogP contribution in [0.1, 0.15) is 25.8 Å². The highest BCUT2D eigenvalue weighted by atomic mass is 32.1. The van der Waals surface area contributed by atoms with Crippen molar-refractivity contribution in [2.75, 3.05) is 31.1 Å². The quantitative estimate of drug-likeness (QED) is 0.837. The molecule has 1 fully saturated rings. The molecule has 0 radical (unpaired) electrons. The predicted octanol–water partition coefficient (Wildman–Crippen LogP) is 2.24. The van der Waals surface area contributed by atoms with Crippen molar-refractivity contribution in [2.24, 2.45) is 5.73 Å². The molecule has 0 amide bonds. The van der Waals surface area contributed by atoms with E-state index >= 15 is 0 Å². The number of hydrogen-bond acceptors (Lipinski definition) is 3. The molecule has 1 heterocycles. The second-order valence-corrected chi connectivity index (χ2v) is 5.46. The lowest BCUT2D eigenvalue weighted by Crippen LogP contribution is -2.37. The Morgan fingerprint density at radius 3 is 2.47 bits per heavy atom. The Hall–Kier alpha value is -1.13. The van der Waals surface area contributed by atoms with Crippen LogP contribution in [0.5, 0.6) is 0 Å². The summed E-state index contributed by atoms with van der Waals surface area (Å²) in [6.07, 6.45) is 1.25. The summed E-state index contributed by atoms with van der Waals surface area (Å²) in [5, 5.41) is 0. The van der Waals surface area contributed by atoms with Gasteiger partial charge in [0.1, 0.15) is 4.99 Å². The van der Waals surface area contributed by atoms with E-state index in [1.54, 1.807) is 0 Å². The van der Waals surface area contributed by atoms with E-state index in [1.807, 2.05) is 12.1 Å². The van der Waals surface area contributed by atoms with Gasteiger partial charge in [-0.25, -0.2) is 0 Å². The fourth-order valence-electron chi connectivity index (χ4n) is 2.85. The maximum atomic E-state index is 5.63. The van der Waals surface area contributed by atoms with Crippen LogP contribution in [-0.4, -0.2) is 42.1 Å². The summed E-state index contributed by atoms with van der Waals surface area (Å²) in [4.78, 5) is 5.46. The molecule has 4 heteroatoms. The molecule has 104 valence electrons. The molecule has 1 aliphatic heterocycles. The lowest BCUT2D eigenvalue weighted by Gasteiger charge is -2.26. The normalized spacial score (nSPS) is 19.1. The summed E-state index contributed by atoms with van der Waals surface area (Å²) in [6, 6.07) is 8.97. The summed E-state index contributed by atoms with van der Waals surface area (Å²) in [5.74, 6) is 0. The third-order valence-electron chi connectivity index (χ3n) is 4.01. The number of hydrogen-bond donors (Lipinski definition) is 1. The molecule has 0 aliphatic carbocycles. The number of anilines is 1. The van der Waals surface area contributed by atoms with Crippen LogP contribution >= 0.6 is 12.2 Å². The fourth-order valence-corrected chi connectivity index (χ4v) is 2.99. The van der Waals surface area contributed by atoms with E-state index in [9.17, 15) is 0 Å². The number of rotatable bonds is 5. The zero-order valence-electron chi connectivity index (χ0n) is 11.8. The molecule has 1 unspecified atom stereocenters. The summed E-state index contributed by atoms with van der Waals surface area (Å²) in [6.45, 7) is 9.00. The van der Waals surface area contributed by atoms with Gasteiger partial charge >= 0.3 is 0 Å². The van der Waals surface area contributed by atoms with Gasteiger partial charge in [0.2, 0.25) is 0 Å². The summed E-state index contributed by atoms with van der Waals surface area (Å²) < 4.78 is 0. The number of thiocarbonyl (C=S) groups is 1. The molecular weight excluding hydrogens is 254 g/mol. The molecule has 1 aromatic carbocycles. The Kier molecular flexibility index (Phi) is 4.77. The topological polar surface area (TPSA) is 32.5 Å². The van der Waals surface area contributed by atoms with Gasteiger partial charge in [0.15, 0.2) is 0 Å². The zero-order valence-corrected chi connectivity index (χ0v) is 12.6. The maximum absolute atomic E-state index is 5.63. The van der Waals surface area contributed by atoms with E-state index in [0.29, 0.717) is 11.0 Å². The Balaban J connectivity index is 2.02. The lowest BCUT2D eigenvalue weighted by atomic mass is 10.2. The monoisotopic (exact) mass is 277 g/mol. The zero-order chi connectivity index (χ0) is 13.8. The molecule has 0 saturated carbocycles. The van der Waals surface area contributed by atoms with E-state index in [1.165, 1.54) is 12.1 Å². The average Bonchev–Trinajstić information content (AvgIpc) is 2.90. The van der Waals surface area contributed by atoms with Gasteiger partial charge in [0.05, 0.1) is 0 Å². The highest BCUT2D eigenvalue weighted by Gasteiger charge is 2.26. The first-order valence-electron chi connectivity index (χ1n) is 7.04. The number of likely N-dealkylation sites (N-methyl/N-ethyl adjacent to an activating group) is 1. The van der Waals surface area contributed by atoms with E-state index in [2.05, 4.69) is 35.8 Å². The summed E-state index contributed by atoms with van der Waals surface area (Å²) in [7, 11) is 0.